The van der Waals surface area contributed by atoms with Crippen molar-refractivity contribution in [2.75, 3.05) is 20.2 Å². The summed E-state index contributed by atoms with van der Waals surface area (Å²) in [5, 5.41) is 16.0. The van der Waals surface area contributed by atoms with Crippen LogP contribution in [-0.2, 0) is 4.74 Å². The van der Waals surface area contributed by atoms with E-state index < -0.39 is 4.92 Å². The van der Waals surface area contributed by atoms with E-state index in [0.717, 1.165) is 12.6 Å². The lowest BCUT2D eigenvalue weighted by molar-refractivity contribution is -0.404. The highest BCUT2D eigenvalue weighted by Gasteiger charge is 2.31. The number of nitro groups is 1. The van der Waals surface area contributed by atoms with Crippen LogP contribution in [0.3, 0.4) is 0 Å². The summed E-state index contributed by atoms with van der Waals surface area (Å²) in [6, 6.07) is 0. The Bertz CT molecular complexity index is 289. The molecule has 6 nitrogen and oxygen atoms in total. The first-order chi connectivity index (χ1) is 7.43. The molecule has 0 aromatic carbocycles. The van der Waals surface area contributed by atoms with Crippen LogP contribution in [-0.4, -0.2) is 30.7 Å². The van der Waals surface area contributed by atoms with Gasteiger partial charge in [0.25, 0.3) is 6.20 Å². The fourth-order valence-corrected chi connectivity index (χ4v) is 1.85. The molecule has 2 N–H and O–H groups in total. The van der Waals surface area contributed by atoms with Crippen molar-refractivity contribution >= 4 is 0 Å². The van der Waals surface area contributed by atoms with Gasteiger partial charge in [0.15, 0.2) is 5.82 Å². The van der Waals surface area contributed by atoms with Gasteiger partial charge in [0.1, 0.15) is 0 Å². The molecule has 1 heterocycles. The lowest BCUT2D eigenvalue weighted by atomic mass is 9.98. The van der Waals surface area contributed by atoms with Gasteiger partial charge in [-0.25, -0.2) is 0 Å². The molecule has 6 heteroatoms. The van der Waals surface area contributed by atoms with Crippen LogP contribution in [0.5, 0.6) is 0 Å². The zero-order valence-corrected chi connectivity index (χ0v) is 9.95. The van der Waals surface area contributed by atoms with Crippen LogP contribution >= 0.6 is 0 Å². The number of nitrogens with one attached hydrogen (secondary N) is 2. The van der Waals surface area contributed by atoms with E-state index in [1.807, 2.05) is 0 Å². The zero-order chi connectivity index (χ0) is 12.2. The highest BCUT2D eigenvalue weighted by atomic mass is 16.6. The summed E-state index contributed by atoms with van der Waals surface area (Å²) in [5.74, 6) is 0.827. The van der Waals surface area contributed by atoms with E-state index in [-0.39, 0.29) is 5.60 Å². The summed E-state index contributed by atoms with van der Waals surface area (Å²) < 4.78 is 5.59. The van der Waals surface area contributed by atoms with E-state index in [9.17, 15) is 10.1 Å². The molecule has 0 radical (unpaired) electrons. The van der Waals surface area contributed by atoms with Crippen LogP contribution in [0.2, 0.25) is 0 Å². The van der Waals surface area contributed by atoms with Gasteiger partial charge >= 0.3 is 0 Å². The van der Waals surface area contributed by atoms with E-state index in [1.54, 1.807) is 7.05 Å². The van der Waals surface area contributed by atoms with Gasteiger partial charge in [-0.2, -0.15) is 0 Å². The van der Waals surface area contributed by atoms with Crippen molar-refractivity contribution in [3.05, 3.63) is 22.1 Å². The fourth-order valence-electron chi connectivity index (χ4n) is 1.85. The molecule has 1 rings (SSSR count). The van der Waals surface area contributed by atoms with Gasteiger partial charge in [0.2, 0.25) is 0 Å². The molecule has 1 atom stereocenters. The Labute approximate surface area is 95.2 Å². The average molecular weight is 229 g/mol. The molecule has 92 valence electrons. The predicted molar refractivity (Wildman–Crippen MR) is 60.3 cm³/mol. The number of nitrogens with zero attached hydrogens (tertiary/aromatic N) is 1. The summed E-state index contributed by atoms with van der Waals surface area (Å²) in [7, 11) is 1.65. The Morgan fingerprint density at radius 2 is 2.38 bits per heavy atom. The third-order valence-electron chi connectivity index (χ3n) is 2.58. The summed E-state index contributed by atoms with van der Waals surface area (Å²) in [6.45, 7) is 5.50. The molecule has 0 spiro atoms. The van der Waals surface area contributed by atoms with E-state index in [2.05, 4.69) is 24.5 Å². The fraction of sp³-hybridized carbons (Fsp3) is 0.800. The minimum atomic E-state index is -0.478. The van der Waals surface area contributed by atoms with Crippen molar-refractivity contribution in [3.8, 4) is 0 Å². The Hall–Kier alpha value is -1.30. The molecule has 0 saturated carbocycles. The van der Waals surface area contributed by atoms with Gasteiger partial charge in [-0.15, -0.1) is 0 Å². The monoisotopic (exact) mass is 229 g/mol. The standard InChI is InChI=1S/C10H19N3O3/c1-10(2)4-8(7-16-10)5-12-9(11-3)6-13(14)15/h6,8,11-12H,4-5,7H2,1-3H3/b9-6+. The highest BCUT2D eigenvalue weighted by Crippen LogP contribution is 2.28. The maximum Gasteiger partial charge on any atom is 0.274 e. The molecule has 1 saturated heterocycles. The summed E-state index contributed by atoms with van der Waals surface area (Å²) in [6.07, 6.45) is 1.90. The Morgan fingerprint density at radius 3 is 2.81 bits per heavy atom. The number of ether oxygens (including phenoxy) is 1. The second-order valence-electron chi connectivity index (χ2n) is 4.60. The third kappa shape index (κ3) is 4.06. The average Bonchev–Trinajstić information content (AvgIpc) is 2.52. The lowest BCUT2D eigenvalue weighted by Crippen LogP contribution is -2.29. The molecule has 16 heavy (non-hydrogen) atoms. The van der Waals surface area contributed by atoms with Crippen LogP contribution in [0.1, 0.15) is 20.3 Å². The second kappa shape index (κ2) is 5.16. The molecule has 1 aliphatic rings. The summed E-state index contributed by atoms with van der Waals surface area (Å²) in [5.41, 5.74) is -0.0705. The largest absolute Gasteiger partial charge is 0.375 e. The quantitative estimate of drug-likeness (QED) is 0.535. The van der Waals surface area contributed by atoms with Gasteiger partial charge < -0.3 is 15.4 Å². The minimum absolute atomic E-state index is 0.0705. The minimum Gasteiger partial charge on any atom is -0.375 e. The number of hydrogen-bond acceptors (Lipinski definition) is 5. The van der Waals surface area contributed by atoms with Crippen LogP contribution in [0.25, 0.3) is 0 Å². The van der Waals surface area contributed by atoms with E-state index in [0.29, 0.717) is 24.9 Å². The van der Waals surface area contributed by atoms with Crippen LogP contribution < -0.4 is 10.6 Å². The van der Waals surface area contributed by atoms with Crippen molar-refractivity contribution in [2.24, 2.45) is 5.92 Å². The van der Waals surface area contributed by atoms with Gasteiger partial charge in [0, 0.05) is 19.5 Å². The van der Waals surface area contributed by atoms with Crippen LogP contribution in [0.15, 0.2) is 12.0 Å². The molecule has 0 aliphatic carbocycles. The molecule has 1 fully saturated rings. The summed E-state index contributed by atoms with van der Waals surface area (Å²) >= 11 is 0. The first kappa shape index (κ1) is 12.8. The predicted octanol–water partition coefficient (Wildman–Crippen LogP) is 0.686. The molecule has 0 aromatic heterocycles. The van der Waals surface area contributed by atoms with E-state index >= 15 is 0 Å². The molecule has 0 amide bonds. The van der Waals surface area contributed by atoms with E-state index in [4.69, 9.17) is 4.74 Å². The Kier molecular flexibility index (Phi) is 4.12. The maximum absolute atomic E-state index is 10.3. The van der Waals surface area contributed by atoms with Gasteiger partial charge in [-0.3, -0.25) is 10.1 Å². The number of rotatable bonds is 5. The summed E-state index contributed by atoms with van der Waals surface area (Å²) in [4.78, 5) is 9.81. The molecular weight excluding hydrogens is 210 g/mol. The van der Waals surface area contributed by atoms with Crippen LogP contribution in [0.4, 0.5) is 0 Å². The first-order valence-corrected chi connectivity index (χ1v) is 5.34. The van der Waals surface area contributed by atoms with Crippen molar-refractivity contribution in [1.29, 1.82) is 0 Å². The lowest BCUT2D eigenvalue weighted by Gasteiger charge is -2.16. The second-order valence-corrected chi connectivity index (χ2v) is 4.60. The smallest absolute Gasteiger partial charge is 0.274 e. The van der Waals surface area contributed by atoms with Crippen molar-refractivity contribution in [2.45, 2.75) is 25.9 Å². The van der Waals surface area contributed by atoms with Crippen molar-refractivity contribution in [3.63, 3.8) is 0 Å². The Balaban J connectivity index is 2.37. The van der Waals surface area contributed by atoms with E-state index in [1.165, 1.54) is 0 Å². The van der Waals surface area contributed by atoms with Crippen molar-refractivity contribution in [1.82, 2.24) is 10.6 Å². The van der Waals surface area contributed by atoms with Gasteiger partial charge in [0.05, 0.1) is 17.1 Å². The molecule has 0 bridgehead atoms. The molecular formula is C10H19N3O3. The van der Waals surface area contributed by atoms with Gasteiger partial charge in [-0.1, -0.05) is 0 Å². The van der Waals surface area contributed by atoms with Gasteiger partial charge in [-0.05, 0) is 20.3 Å². The normalized spacial score (nSPS) is 24.2. The molecule has 0 aromatic rings. The van der Waals surface area contributed by atoms with Crippen LogP contribution in [0, 0.1) is 16.0 Å². The third-order valence-corrected chi connectivity index (χ3v) is 2.58. The number of hydrogen-bond donors (Lipinski definition) is 2. The maximum atomic E-state index is 10.3. The highest BCUT2D eigenvalue weighted by molar-refractivity contribution is 4.92. The first-order valence-electron chi connectivity index (χ1n) is 5.34. The molecule has 1 unspecified atom stereocenters. The van der Waals surface area contributed by atoms with Crippen molar-refractivity contribution < 1.29 is 9.66 Å². The topological polar surface area (TPSA) is 76.4 Å². The Morgan fingerprint density at radius 1 is 1.69 bits per heavy atom. The zero-order valence-electron chi connectivity index (χ0n) is 9.95. The SMILES string of the molecule is CN/C(=C\[N+](=O)[O-])NCC1COC(C)(C)C1. The molecule has 1 aliphatic heterocycles.